The summed E-state index contributed by atoms with van der Waals surface area (Å²) in [4.78, 5) is 9.28. The Morgan fingerprint density at radius 3 is 2.67 bits per heavy atom. The van der Waals surface area contributed by atoms with Crippen LogP contribution in [0, 0.1) is 0 Å². The monoisotopic (exact) mass is 334 g/mol. The SMILES string of the molecule is Brc1ccc2nc(-c3cccc4cccnc34)ccc2c1. The van der Waals surface area contributed by atoms with Gasteiger partial charge in [0.05, 0.1) is 16.7 Å². The molecule has 0 saturated carbocycles. The summed E-state index contributed by atoms with van der Waals surface area (Å²) in [6.07, 6.45) is 1.82. The van der Waals surface area contributed by atoms with Crippen LogP contribution in [0.2, 0.25) is 0 Å². The van der Waals surface area contributed by atoms with Crippen LogP contribution in [-0.2, 0) is 0 Å². The van der Waals surface area contributed by atoms with Gasteiger partial charge in [-0.05, 0) is 30.3 Å². The van der Waals surface area contributed by atoms with Crippen molar-refractivity contribution >= 4 is 37.7 Å². The number of hydrogen-bond donors (Lipinski definition) is 0. The van der Waals surface area contributed by atoms with E-state index in [4.69, 9.17) is 4.98 Å². The number of pyridine rings is 2. The van der Waals surface area contributed by atoms with Crippen molar-refractivity contribution in [3.8, 4) is 11.3 Å². The highest BCUT2D eigenvalue weighted by Crippen LogP contribution is 2.28. The topological polar surface area (TPSA) is 25.8 Å². The van der Waals surface area contributed by atoms with E-state index in [9.17, 15) is 0 Å². The fraction of sp³-hybridized carbons (Fsp3) is 0. The van der Waals surface area contributed by atoms with Gasteiger partial charge in [0.1, 0.15) is 0 Å². The average molecular weight is 335 g/mol. The molecule has 2 aromatic heterocycles. The highest BCUT2D eigenvalue weighted by molar-refractivity contribution is 9.10. The van der Waals surface area contributed by atoms with Crippen molar-refractivity contribution in [3.63, 3.8) is 0 Å². The molecular weight excluding hydrogens is 324 g/mol. The number of benzene rings is 2. The summed E-state index contributed by atoms with van der Waals surface area (Å²) in [5, 5.41) is 2.26. The van der Waals surface area contributed by atoms with E-state index in [2.05, 4.69) is 57.3 Å². The van der Waals surface area contributed by atoms with Crippen LogP contribution in [0.4, 0.5) is 0 Å². The van der Waals surface area contributed by atoms with E-state index in [0.29, 0.717) is 0 Å². The first-order valence-corrected chi connectivity index (χ1v) is 7.51. The van der Waals surface area contributed by atoms with Gasteiger partial charge >= 0.3 is 0 Å². The Morgan fingerprint density at radius 1 is 0.810 bits per heavy atom. The van der Waals surface area contributed by atoms with Crippen molar-refractivity contribution in [2.45, 2.75) is 0 Å². The molecule has 0 amide bonds. The third kappa shape index (κ3) is 2.20. The van der Waals surface area contributed by atoms with Crippen molar-refractivity contribution in [3.05, 3.63) is 71.3 Å². The van der Waals surface area contributed by atoms with Crippen LogP contribution in [0.5, 0.6) is 0 Å². The fourth-order valence-electron chi connectivity index (χ4n) is 2.56. The van der Waals surface area contributed by atoms with E-state index < -0.39 is 0 Å². The van der Waals surface area contributed by atoms with E-state index in [1.165, 1.54) is 0 Å². The number of para-hydroxylation sites is 1. The van der Waals surface area contributed by atoms with Crippen molar-refractivity contribution in [2.75, 3.05) is 0 Å². The molecule has 0 atom stereocenters. The van der Waals surface area contributed by atoms with E-state index in [1.54, 1.807) is 0 Å². The van der Waals surface area contributed by atoms with Crippen LogP contribution in [0.15, 0.2) is 71.3 Å². The molecule has 21 heavy (non-hydrogen) atoms. The zero-order chi connectivity index (χ0) is 14.2. The third-order valence-corrected chi connectivity index (χ3v) is 4.05. The van der Waals surface area contributed by atoms with Crippen LogP contribution >= 0.6 is 15.9 Å². The molecule has 0 fully saturated rings. The maximum Gasteiger partial charge on any atom is 0.0795 e. The molecule has 0 radical (unpaired) electrons. The van der Waals surface area contributed by atoms with Crippen molar-refractivity contribution < 1.29 is 0 Å². The molecule has 0 bridgehead atoms. The molecule has 2 aromatic carbocycles. The zero-order valence-electron chi connectivity index (χ0n) is 11.1. The minimum atomic E-state index is 0.953. The highest BCUT2D eigenvalue weighted by Gasteiger charge is 2.07. The lowest BCUT2D eigenvalue weighted by molar-refractivity contribution is 1.37. The average Bonchev–Trinajstić information content (AvgIpc) is 2.54. The number of halogens is 1. The lowest BCUT2D eigenvalue weighted by Gasteiger charge is -2.06. The second-order valence-corrected chi connectivity index (χ2v) is 5.83. The maximum atomic E-state index is 4.78. The Bertz CT molecular complexity index is 958. The Balaban J connectivity index is 1.98. The quantitative estimate of drug-likeness (QED) is 0.477. The molecule has 0 aliphatic heterocycles. The Kier molecular flexibility index (Phi) is 2.93. The molecule has 4 rings (SSSR count). The number of hydrogen-bond acceptors (Lipinski definition) is 2. The molecule has 2 nitrogen and oxygen atoms in total. The summed E-state index contributed by atoms with van der Waals surface area (Å²) in [7, 11) is 0. The second kappa shape index (κ2) is 4.93. The van der Waals surface area contributed by atoms with E-state index in [-0.39, 0.29) is 0 Å². The summed E-state index contributed by atoms with van der Waals surface area (Å²) in [6.45, 7) is 0. The number of aromatic nitrogens is 2. The third-order valence-electron chi connectivity index (χ3n) is 3.56. The largest absolute Gasteiger partial charge is 0.256 e. The van der Waals surface area contributed by atoms with Crippen molar-refractivity contribution in [1.29, 1.82) is 0 Å². The van der Waals surface area contributed by atoms with Gasteiger partial charge in [0.2, 0.25) is 0 Å². The molecule has 4 aromatic rings. The van der Waals surface area contributed by atoms with Crippen molar-refractivity contribution in [1.82, 2.24) is 9.97 Å². The standard InChI is InChI=1S/C18H11BrN2/c19-14-7-9-16-13(11-14)6-8-17(21-16)15-5-1-3-12-4-2-10-20-18(12)15/h1-11H. The van der Waals surface area contributed by atoms with Crippen LogP contribution in [0.3, 0.4) is 0 Å². The molecule has 0 unspecified atom stereocenters. The summed E-state index contributed by atoms with van der Waals surface area (Å²) < 4.78 is 1.07. The summed E-state index contributed by atoms with van der Waals surface area (Å²) in [5.74, 6) is 0. The molecule has 0 aliphatic carbocycles. The van der Waals surface area contributed by atoms with Gasteiger partial charge in [-0.1, -0.05) is 46.3 Å². The number of rotatable bonds is 1. The van der Waals surface area contributed by atoms with Gasteiger partial charge < -0.3 is 0 Å². The van der Waals surface area contributed by atoms with Crippen LogP contribution in [0.1, 0.15) is 0 Å². The van der Waals surface area contributed by atoms with Gasteiger partial charge in [0.15, 0.2) is 0 Å². The molecular formula is C18H11BrN2. The van der Waals surface area contributed by atoms with E-state index in [0.717, 1.165) is 37.5 Å². The van der Waals surface area contributed by atoms with Crippen LogP contribution < -0.4 is 0 Å². The van der Waals surface area contributed by atoms with Crippen LogP contribution in [-0.4, -0.2) is 9.97 Å². The normalized spacial score (nSPS) is 11.1. The summed E-state index contributed by atoms with van der Waals surface area (Å²) >= 11 is 3.49. The smallest absolute Gasteiger partial charge is 0.0795 e. The van der Waals surface area contributed by atoms with Gasteiger partial charge in [0.25, 0.3) is 0 Å². The Hall–Kier alpha value is -2.26. The number of fused-ring (bicyclic) bond motifs is 2. The maximum absolute atomic E-state index is 4.78. The van der Waals surface area contributed by atoms with E-state index >= 15 is 0 Å². The second-order valence-electron chi connectivity index (χ2n) is 4.91. The molecule has 0 spiro atoms. The van der Waals surface area contributed by atoms with Gasteiger partial charge in [-0.2, -0.15) is 0 Å². The highest BCUT2D eigenvalue weighted by atomic mass is 79.9. The molecule has 3 heteroatoms. The van der Waals surface area contributed by atoms with Crippen LogP contribution in [0.25, 0.3) is 33.1 Å². The molecule has 0 N–H and O–H groups in total. The van der Waals surface area contributed by atoms with Crippen molar-refractivity contribution in [2.24, 2.45) is 0 Å². The summed E-state index contributed by atoms with van der Waals surface area (Å²) in [5.41, 5.74) is 4.00. The first kappa shape index (κ1) is 12.5. The predicted molar refractivity (Wildman–Crippen MR) is 90.2 cm³/mol. The van der Waals surface area contributed by atoms with Gasteiger partial charge in [-0.3, -0.25) is 4.98 Å². The number of nitrogens with zero attached hydrogens (tertiary/aromatic N) is 2. The summed E-state index contributed by atoms with van der Waals surface area (Å²) in [6, 6.07) is 20.5. The lowest BCUT2D eigenvalue weighted by atomic mass is 10.1. The van der Waals surface area contributed by atoms with E-state index in [1.807, 2.05) is 30.5 Å². The lowest BCUT2D eigenvalue weighted by Crippen LogP contribution is -1.88. The first-order valence-electron chi connectivity index (χ1n) is 6.72. The Morgan fingerprint density at radius 2 is 1.71 bits per heavy atom. The van der Waals surface area contributed by atoms with Gasteiger partial charge in [-0.25, -0.2) is 4.98 Å². The zero-order valence-corrected chi connectivity index (χ0v) is 12.7. The predicted octanol–water partition coefficient (Wildman–Crippen LogP) is 5.21. The first-order chi connectivity index (χ1) is 10.3. The minimum absolute atomic E-state index is 0.953. The minimum Gasteiger partial charge on any atom is -0.256 e. The molecule has 0 aliphatic rings. The molecule has 100 valence electrons. The molecule has 2 heterocycles. The van der Waals surface area contributed by atoms with Gasteiger partial charge in [-0.15, -0.1) is 0 Å². The van der Waals surface area contributed by atoms with Gasteiger partial charge in [0, 0.05) is 27.0 Å². The Labute approximate surface area is 130 Å². The fourth-order valence-corrected chi connectivity index (χ4v) is 2.94. The molecule has 0 saturated heterocycles.